The second kappa shape index (κ2) is 6.26. The van der Waals surface area contributed by atoms with Crippen molar-refractivity contribution in [3.05, 3.63) is 66.0 Å². The van der Waals surface area contributed by atoms with Gasteiger partial charge in [0, 0.05) is 10.7 Å². The molecular formula is C18H17ClN3O+. The van der Waals surface area contributed by atoms with Gasteiger partial charge in [-0.05, 0) is 42.8 Å². The van der Waals surface area contributed by atoms with Crippen LogP contribution >= 0.6 is 11.6 Å². The number of aryl methyl sites for hydroxylation is 1. The number of benzene rings is 2. The van der Waals surface area contributed by atoms with Gasteiger partial charge in [-0.25, -0.2) is 9.13 Å². The highest BCUT2D eigenvalue weighted by Gasteiger charge is 2.16. The molecule has 4 nitrogen and oxygen atoms in total. The van der Waals surface area contributed by atoms with Crippen molar-refractivity contribution < 1.29 is 9.36 Å². The molecule has 2 aromatic carbocycles. The van der Waals surface area contributed by atoms with Crippen molar-refractivity contribution in [3.8, 4) is 0 Å². The summed E-state index contributed by atoms with van der Waals surface area (Å²) in [6.07, 6.45) is 3.59. The summed E-state index contributed by atoms with van der Waals surface area (Å²) < 4.78 is 3.80. The number of anilines is 1. The first kappa shape index (κ1) is 15.3. The highest BCUT2D eigenvalue weighted by molar-refractivity contribution is 6.30. The van der Waals surface area contributed by atoms with Gasteiger partial charge >= 0.3 is 0 Å². The highest BCUT2D eigenvalue weighted by atomic mass is 35.5. The fourth-order valence-corrected chi connectivity index (χ4v) is 2.81. The summed E-state index contributed by atoms with van der Waals surface area (Å²) in [5.74, 6) is -0.0904. The summed E-state index contributed by atoms with van der Waals surface area (Å²) in [6.45, 7) is 5.94. The Morgan fingerprint density at radius 2 is 2.13 bits per heavy atom. The lowest BCUT2D eigenvalue weighted by atomic mass is 10.2. The van der Waals surface area contributed by atoms with E-state index >= 15 is 0 Å². The molecule has 0 unspecified atom stereocenters. The first-order valence-corrected chi connectivity index (χ1v) is 7.64. The largest absolute Gasteiger partial charge is 0.322 e. The van der Waals surface area contributed by atoms with Crippen molar-refractivity contribution in [1.29, 1.82) is 0 Å². The van der Waals surface area contributed by atoms with Crippen LogP contribution in [-0.2, 0) is 11.3 Å². The molecule has 1 heterocycles. The zero-order valence-corrected chi connectivity index (χ0v) is 13.5. The molecular weight excluding hydrogens is 310 g/mol. The molecule has 5 heteroatoms. The Hall–Kier alpha value is -2.59. The standard InChI is InChI=1S/C18H16ClN3O/c1-3-21-12-22(17-7-5-4-6-16(17)21)11-18(23)20-15-9-8-14(19)10-13(15)2/h3-10,12H,1,11H2,2H3/p+1. The number of carbonyl (C=O) groups excluding carboxylic acids is 1. The summed E-state index contributed by atoms with van der Waals surface area (Å²) in [7, 11) is 0. The maximum atomic E-state index is 12.4. The molecule has 0 saturated carbocycles. The van der Waals surface area contributed by atoms with E-state index in [0.29, 0.717) is 5.02 Å². The van der Waals surface area contributed by atoms with Crippen LogP contribution in [-0.4, -0.2) is 10.5 Å². The molecule has 1 amide bonds. The number of imidazole rings is 1. The van der Waals surface area contributed by atoms with E-state index in [4.69, 9.17) is 11.6 Å². The van der Waals surface area contributed by atoms with Gasteiger partial charge in [-0.15, -0.1) is 0 Å². The van der Waals surface area contributed by atoms with Crippen LogP contribution in [0, 0.1) is 6.92 Å². The van der Waals surface area contributed by atoms with Crippen molar-refractivity contribution in [2.24, 2.45) is 0 Å². The van der Waals surface area contributed by atoms with E-state index < -0.39 is 0 Å². The third kappa shape index (κ3) is 3.12. The number of para-hydroxylation sites is 2. The van der Waals surface area contributed by atoms with E-state index in [1.54, 1.807) is 12.3 Å². The quantitative estimate of drug-likeness (QED) is 0.730. The molecule has 0 aliphatic rings. The summed E-state index contributed by atoms with van der Waals surface area (Å²) in [5, 5.41) is 3.58. The highest BCUT2D eigenvalue weighted by Crippen LogP contribution is 2.19. The molecule has 0 aliphatic carbocycles. The van der Waals surface area contributed by atoms with Gasteiger partial charge in [-0.1, -0.05) is 30.3 Å². The number of hydrogen-bond acceptors (Lipinski definition) is 1. The Kier molecular flexibility index (Phi) is 4.17. The Morgan fingerprint density at radius 3 is 2.87 bits per heavy atom. The minimum absolute atomic E-state index is 0.0904. The number of aromatic nitrogens is 2. The number of rotatable bonds is 4. The van der Waals surface area contributed by atoms with Crippen LogP contribution in [0.3, 0.4) is 0 Å². The lowest BCUT2D eigenvalue weighted by Gasteiger charge is -2.07. The molecule has 0 aliphatic heterocycles. The zero-order valence-electron chi connectivity index (χ0n) is 12.8. The summed E-state index contributed by atoms with van der Waals surface area (Å²) in [5.41, 5.74) is 3.70. The lowest BCUT2D eigenvalue weighted by molar-refractivity contribution is -0.658. The molecule has 0 saturated heterocycles. The Bertz CT molecular complexity index is 898. The molecule has 0 bridgehead atoms. The normalized spacial score (nSPS) is 10.7. The van der Waals surface area contributed by atoms with Crippen LogP contribution in [0.15, 0.2) is 55.4 Å². The average Bonchev–Trinajstić information content (AvgIpc) is 2.88. The van der Waals surface area contributed by atoms with Gasteiger partial charge in [0.25, 0.3) is 5.91 Å². The van der Waals surface area contributed by atoms with Gasteiger partial charge in [0.2, 0.25) is 6.33 Å². The van der Waals surface area contributed by atoms with E-state index in [2.05, 4.69) is 11.9 Å². The van der Waals surface area contributed by atoms with Gasteiger partial charge in [0.15, 0.2) is 17.6 Å². The van der Waals surface area contributed by atoms with Crippen molar-refractivity contribution in [2.75, 3.05) is 5.32 Å². The SMILES string of the molecule is C=Cn1c[n+](CC(=O)Nc2ccc(Cl)cc2C)c2ccccc21. The topological polar surface area (TPSA) is 37.9 Å². The van der Waals surface area contributed by atoms with Crippen LogP contribution in [0.25, 0.3) is 17.2 Å². The number of carbonyl (C=O) groups is 1. The minimum Gasteiger partial charge on any atom is -0.322 e. The van der Waals surface area contributed by atoms with E-state index in [9.17, 15) is 4.79 Å². The van der Waals surface area contributed by atoms with E-state index in [1.165, 1.54) is 0 Å². The molecule has 1 aromatic heterocycles. The molecule has 116 valence electrons. The van der Waals surface area contributed by atoms with E-state index in [1.807, 2.05) is 58.8 Å². The zero-order chi connectivity index (χ0) is 16.4. The molecule has 3 aromatic rings. The Balaban J connectivity index is 1.84. The second-order valence-corrected chi connectivity index (χ2v) is 5.77. The first-order chi connectivity index (χ1) is 11.1. The summed E-state index contributed by atoms with van der Waals surface area (Å²) in [6, 6.07) is 13.3. The number of amides is 1. The van der Waals surface area contributed by atoms with Gasteiger partial charge in [-0.3, -0.25) is 4.79 Å². The number of halogens is 1. The van der Waals surface area contributed by atoms with Crippen LogP contribution in [0.4, 0.5) is 5.69 Å². The fraction of sp³-hybridized carbons (Fsp3) is 0.111. The number of nitrogens with one attached hydrogen (secondary N) is 1. The van der Waals surface area contributed by atoms with Crippen LogP contribution in [0.2, 0.25) is 5.02 Å². The molecule has 1 N–H and O–H groups in total. The summed E-state index contributed by atoms with van der Waals surface area (Å²) in [4.78, 5) is 12.4. The van der Waals surface area contributed by atoms with Gasteiger partial charge in [0.05, 0.1) is 6.20 Å². The predicted molar refractivity (Wildman–Crippen MR) is 93.3 cm³/mol. The second-order valence-electron chi connectivity index (χ2n) is 5.33. The molecule has 0 atom stereocenters. The average molecular weight is 327 g/mol. The van der Waals surface area contributed by atoms with E-state index in [-0.39, 0.29) is 12.5 Å². The van der Waals surface area contributed by atoms with Crippen LogP contribution < -0.4 is 9.88 Å². The van der Waals surface area contributed by atoms with Crippen molar-refractivity contribution in [3.63, 3.8) is 0 Å². The fourth-order valence-electron chi connectivity index (χ4n) is 2.58. The smallest absolute Gasteiger partial charge is 0.266 e. The van der Waals surface area contributed by atoms with Crippen molar-refractivity contribution in [1.82, 2.24) is 4.57 Å². The van der Waals surface area contributed by atoms with Crippen LogP contribution in [0.5, 0.6) is 0 Å². The van der Waals surface area contributed by atoms with Gasteiger partial charge < -0.3 is 5.32 Å². The van der Waals surface area contributed by atoms with Crippen molar-refractivity contribution in [2.45, 2.75) is 13.5 Å². The summed E-state index contributed by atoms with van der Waals surface area (Å²) >= 11 is 5.94. The predicted octanol–water partition coefficient (Wildman–Crippen LogP) is 3.63. The van der Waals surface area contributed by atoms with Gasteiger partial charge in [-0.2, -0.15) is 0 Å². The number of nitrogens with zero attached hydrogens (tertiary/aromatic N) is 2. The van der Waals surface area contributed by atoms with Crippen molar-refractivity contribution >= 4 is 40.4 Å². The third-order valence-electron chi connectivity index (χ3n) is 3.71. The molecule has 0 spiro atoms. The molecule has 0 radical (unpaired) electrons. The lowest BCUT2D eigenvalue weighted by Crippen LogP contribution is -2.39. The molecule has 23 heavy (non-hydrogen) atoms. The Morgan fingerprint density at radius 1 is 1.35 bits per heavy atom. The number of hydrogen-bond donors (Lipinski definition) is 1. The van der Waals surface area contributed by atoms with E-state index in [0.717, 1.165) is 22.3 Å². The maximum Gasteiger partial charge on any atom is 0.266 e. The molecule has 0 fully saturated rings. The molecule has 3 rings (SSSR count). The monoisotopic (exact) mass is 326 g/mol. The minimum atomic E-state index is -0.0904. The first-order valence-electron chi connectivity index (χ1n) is 7.26. The van der Waals surface area contributed by atoms with Crippen LogP contribution in [0.1, 0.15) is 5.56 Å². The third-order valence-corrected chi connectivity index (χ3v) is 3.94. The number of fused-ring (bicyclic) bond motifs is 1. The van der Waals surface area contributed by atoms with Gasteiger partial charge in [0.1, 0.15) is 0 Å². The maximum absolute atomic E-state index is 12.4. The Labute approximate surface area is 139 Å².